The first kappa shape index (κ1) is 14.2. The van der Waals surface area contributed by atoms with E-state index in [-0.39, 0.29) is 5.54 Å². The van der Waals surface area contributed by atoms with E-state index in [1.807, 2.05) is 51.1 Å². The summed E-state index contributed by atoms with van der Waals surface area (Å²) in [5.41, 5.74) is 7.90. The molecular formula is C18H18N4. The molecule has 3 aromatic rings. The van der Waals surface area contributed by atoms with E-state index in [4.69, 9.17) is 5.73 Å². The zero-order valence-corrected chi connectivity index (χ0v) is 13.0. The molecule has 4 heteroatoms. The quantitative estimate of drug-likeness (QED) is 0.738. The lowest BCUT2D eigenvalue weighted by atomic mass is 10.0. The molecule has 0 atom stereocenters. The molecule has 4 nitrogen and oxygen atoms in total. The molecule has 0 aliphatic heterocycles. The number of aromatic nitrogens is 2. The van der Waals surface area contributed by atoms with E-state index < -0.39 is 0 Å². The molecule has 2 aromatic carbocycles. The van der Waals surface area contributed by atoms with Gasteiger partial charge in [-0.1, -0.05) is 42.5 Å². The molecule has 0 saturated carbocycles. The number of nitrogens with zero attached hydrogens (tertiary/aromatic N) is 3. The molecule has 110 valence electrons. The van der Waals surface area contributed by atoms with Crippen molar-refractivity contribution in [1.29, 1.82) is 5.26 Å². The number of fused-ring (bicyclic) bond motifs is 1. The lowest BCUT2D eigenvalue weighted by molar-refractivity contribution is 0.362. The molecule has 1 aromatic heterocycles. The minimum atomic E-state index is -0.279. The third kappa shape index (κ3) is 2.11. The van der Waals surface area contributed by atoms with Crippen LogP contribution in [0, 0.1) is 11.3 Å². The minimum Gasteiger partial charge on any atom is -0.383 e. The monoisotopic (exact) mass is 290 g/mol. The van der Waals surface area contributed by atoms with Crippen LogP contribution < -0.4 is 5.73 Å². The summed E-state index contributed by atoms with van der Waals surface area (Å²) in [4.78, 5) is 0. The van der Waals surface area contributed by atoms with Crippen molar-refractivity contribution in [3.05, 3.63) is 48.0 Å². The van der Waals surface area contributed by atoms with E-state index in [1.165, 1.54) is 0 Å². The van der Waals surface area contributed by atoms with E-state index in [9.17, 15) is 5.26 Å². The molecule has 0 spiro atoms. The molecular weight excluding hydrogens is 272 g/mol. The molecule has 0 saturated heterocycles. The number of hydrogen-bond acceptors (Lipinski definition) is 3. The summed E-state index contributed by atoms with van der Waals surface area (Å²) < 4.78 is 1.72. The van der Waals surface area contributed by atoms with Gasteiger partial charge in [0.1, 0.15) is 23.1 Å². The van der Waals surface area contributed by atoms with E-state index in [2.05, 4.69) is 23.3 Å². The first-order valence-corrected chi connectivity index (χ1v) is 7.20. The molecule has 0 amide bonds. The molecule has 0 unspecified atom stereocenters. The highest BCUT2D eigenvalue weighted by atomic mass is 15.3. The molecule has 1 heterocycles. The van der Waals surface area contributed by atoms with Gasteiger partial charge in [0.15, 0.2) is 0 Å². The average molecular weight is 290 g/mol. The standard InChI is InChI=1S/C18H18N4/c1-18(2,3)22-17(20)15(11-19)16(21-22)14-10-6-8-12-7-4-5-9-13(12)14/h4-10H,20H2,1-3H3. The Labute approximate surface area is 129 Å². The van der Waals surface area contributed by atoms with Crippen LogP contribution in [0.2, 0.25) is 0 Å². The van der Waals surface area contributed by atoms with Crippen molar-refractivity contribution in [2.75, 3.05) is 5.73 Å². The van der Waals surface area contributed by atoms with Gasteiger partial charge in [0.25, 0.3) is 0 Å². The Morgan fingerprint density at radius 1 is 1.09 bits per heavy atom. The third-order valence-corrected chi connectivity index (χ3v) is 3.71. The van der Waals surface area contributed by atoms with Gasteiger partial charge in [0, 0.05) is 5.56 Å². The fourth-order valence-corrected chi connectivity index (χ4v) is 2.67. The summed E-state index contributed by atoms with van der Waals surface area (Å²) in [5.74, 6) is 0.415. The number of nitrogen functional groups attached to an aromatic ring is 1. The highest BCUT2D eigenvalue weighted by Crippen LogP contribution is 2.34. The number of nitriles is 1. The Morgan fingerprint density at radius 3 is 2.45 bits per heavy atom. The summed E-state index contributed by atoms with van der Waals surface area (Å²) in [6.45, 7) is 6.05. The maximum atomic E-state index is 9.53. The van der Waals surface area contributed by atoms with Crippen LogP contribution in [-0.4, -0.2) is 9.78 Å². The second kappa shape index (κ2) is 4.88. The second-order valence-electron chi connectivity index (χ2n) is 6.33. The predicted molar refractivity (Wildman–Crippen MR) is 89.3 cm³/mol. The van der Waals surface area contributed by atoms with Crippen molar-refractivity contribution in [2.45, 2.75) is 26.3 Å². The van der Waals surface area contributed by atoms with Crippen LogP contribution >= 0.6 is 0 Å². The van der Waals surface area contributed by atoms with Gasteiger partial charge in [-0.15, -0.1) is 0 Å². The lowest BCUT2D eigenvalue weighted by Gasteiger charge is -2.20. The summed E-state index contributed by atoms with van der Waals surface area (Å²) in [6.07, 6.45) is 0. The van der Waals surface area contributed by atoms with Crippen LogP contribution in [0.1, 0.15) is 26.3 Å². The highest BCUT2D eigenvalue weighted by molar-refractivity contribution is 5.97. The van der Waals surface area contributed by atoms with Crippen molar-refractivity contribution in [2.24, 2.45) is 0 Å². The normalized spacial score (nSPS) is 11.5. The second-order valence-corrected chi connectivity index (χ2v) is 6.33. The molecule has 22 heavy (non-hydrogen) atoms. The average Bonchev–Trinajstić information content (AvgIpc) is 2.83. The Bertz CT molecular complexity index is 886. The largest absolute Gasteiger partial charge is 0.383 e. The van der Waals surface area contributed by atoms with E-state index in [0.717, 1.165) is 16.3 Å². The number of anilines is 1. The Kier molecular flexibility index (Phi) is 3.14. The van der Waals surface area contributed by atoms with Crippen LogP contribution in [-0.2, 0) is 5.54 Å². The summed E-state index contributed by atoms with van der Waals surface area (Å²) in [5, 5.41) is 16.4. The first-order chi connectivity index (χ1) is 10.4. The highest BCUT2D eigenvalue weighted by Gasteiger charge is 2.24. The fraction of sp³-hybridized carbons (Fsp3) is 0.222. The summed E-state index contributed by atoms with van der Waals surface area (Å²) >= 11 is 0. The summed E-state index contributed by atoms with van der Waals surface area (Å²) in [6, 6.07) is 16.3. The van der Waals surface area contributed by atoms with E-state index >= 15 is 0 Å². The van der Waals surface area contributed by atoms with Gasteiger partial charge < -0.3 is 5.73 Å². The van der Waals surface area contributed by atoms with Gasteiger partial charge >= 0.3 is 0 Å². The van der Waals surface area contributed by atoms with Gasteiger partial charge in [-0.05, 0) is 31.5 Å². The van der Waals surface area contributed by atoms with Crippen molar-refractivity contribution < 1.29 is 0 Å². The van der Waals surface area contributed by atoms with Crippen LogP contribution in [0.3, 0.4) is 0 Å². The van der Waals surface area contributed by atoms with Gasteiger partial charge in [-0.25, -0.2) is 4.68 Å². The van der Waals surface area contributed by atoms with Crippen molar-refractivity contribution in [3.63, 3.8) is 0 Å². The van der Waals surface area contributed by atoms with Crippen molar-refractivity contribution in [3.8, 4) is 17.3 Å². The lowest BCUT2D eigenvalue weighted by Crippen LogP contribution is -2.24. The number of hydrogen-bond donors (Lipinski definition) is 1. The van der Waals surface area contributed by atoms with Crippen molar-refractivity contribution in [1.82, 2.24) is 9.78 Å². The maximum Gasteiger partial charge on any atom is 0.141 e. The Hall–Kier alpha value is -2.80. The molecule has 0 bridgehead atoms. The Balaban J connectivity index is 2.35. The molecule has 0 aliphatic carbocycles. The number of benzene rings is 2. The van der Waals surface area contributed by atoms with Gasteiger partial charge in [0.05, 0.1) is 5.54 Å². The summed E-state index contributed by atoms with van der Waals surface area (Å²) in [7, 11) is 0. The molecule has 2 N–H and O–H groups in total. The Morgan fingerprint density at radius 2 is 1.77 bits per heavy atom. The zero-order chi connectivity index (χ0) is 15.9. The fourth-order valence-electron chi connectivity index (χ4n) is 2.67. The van der Waals surface area contributed by atoms with Crippen LogP contribution in [0.15, 0.2) is 42.5 Å². The molecule has 3 rings (SSSR count). The maximum absolute atomic E-state index is 9.53. The number of nitrogens with two attached hydrogens (primary N) is 1. The molecule has 0 aliphatic rings. The molecule has 0 radical (unpaired) electrons. The van der Waals surface area contributed by atoms with Gasteiger partial charge in [-0.3, -0.25) is 0 Å². The van der Waals surface area contributed by atoms with E-state index in [0.29, 0.717) is 17.1 Å². The number of rotatable bonds is 1. The van der Waals surface area contributed by atoms with Crippen LogP contribution in [0.5, 0.6) is 0 Å². The smallest absolute Gasteiger partial charge is 0.141 e. The first-order valence-electron chi connectivity index (χ1n) is 7.20. The SMILES string of the molecule is CC(C)(C)n1nc(-c2cccc3ccccc23)c(C#N)c1N. The van der Waals surface area contributed by atoms with E-state index in [1.54, 1.807) is 4.68 Å². The third-order valence-electron chi connectivity index (χ3n) is 3.71. The minimum absolute atomic E-state index is 0.279. The van der Waals surface area contributed by atoms with Gasteiger partial charge in [0.2, 0.25) is 0 Å². The predicted octanol–water partition coefficient (Wildman–Crippen LogP) is 3.91. The van der Waals surface area contributed by atoms with Gasteiger partial charge in [-0.2, -0.15) is 10.4 Å². The van der Waals surface area contributed by atoms with Crippen LogP contribution in [0.4, 0.5) is 5.82 Å². The van der Waals surface area contributed by atoms with Crippen molar-refractivity contribution >= 4 is 16.6 Å². The topological polar surface area (TPSA) is 67.6 Å². The molecule has 0 fully saturated rings. The van der Waals surface area contributed by atoms with Crippen LogP contribution in [0.25, 0.3) is 22.0 Å². The zero-order valence-electron chi connectivity index (χ0n) is 13.0.